The summed E-state index contributed by atoms with van der Waals surface area (Å²) < 4.78 is 11.6. The Kier molecular flexibility index (Phi) is 7.45. The van der Waals surface area contributed by atoms with Gasteiger partial charge in [0, 0.05) is 10.0 Å². The second kappa shape index (κ2) is 10.5. The molecule has 0 aromatic heterocycles. The lowest BCUT2D eigenvalue weighted by Gasteiger charge is -2.09. The number of carbonyl (C=O) groups is 1. The molecule has 30 heavy (non-hydrogen) atoms. The van der Waals surface area contributed by atoms with E-state index in [0.717, 1.165) is 15.6 Å². The monoisotopic (exact) mass is 468 g/mol. The first-order chi connectivity index (χ1) is 14.6. The number of ether oxygens (including phenoxy) is 2. The third-order valence-corrected chi connectivity index (χ3v) is 4.55. The molecule has 0 spiro atoms. The van der Waals surface area contributed by atoms with Crippen LogP contribution >= 0.6 is 15.9 Å². The van der Waals surface area contributed by atoms with Crippen molar-refractivity contribution in [1.82, 2.24) is 5.43 Å². The zero-order chi connectivity index (χ0) is 21.3. The van der Waals surface area contributed by atoms with Crippen molar-refractivity contribution in [3.05, 3.63) is 76.8 Å². The minimum absolute atomic E-state index is 0.0483. The van der Waals surface area contributed by atoms with E-state index < -0.39 is 5.91 Å². The second-order valence-corrected chi connectivity index (χ2v) is 7.16. The summed E-state index contributed by atoms with van der Waals surface area (Å²) in [6.07, 6.45) is 1.34. The van der Waals surface area contributed by atoms with Gasteiger partial charge >= 0.3 is 0 Å². The van der Waals surface area contributed by atoms with Crippen LogP contribution in [-0.2, 0) is 4.79 Å². The first kappa shape index (κ1) is 21.4. The Morgan fingerprint density at radius 2 is 1.77 bits per heavy atom. The van der Waals surface area contributed by atoms with Crippen LogP contribution in [0, 0.1) is 0 Å². The van der Waals surface area contributed by atoms with Crippen LogP contribution < -0.4 is 14.9 Å². The van der Waals surface area contributed by atoms with Gasteiger partial charge in [-0.2, -0.15) is 5.10 Å². The summed E-state index contributed by atoms with van der Waals surface area (Å²) in [6.45, 7) is 2.06. The van der Waals surface area contributed by atoms with Crippen LogP contribution in [0.3, 0.4) is 0 Å². The number of halogens is 1. The van der Waals surface area contributed by atoms with Crippen molar-refractivity contribution in [3.8, 4) is 28.4 Å². The molecule has 154 valence electrons. The van der Waals surface area contributed by atoms with E-state index in [1.807, 2.05) is 61.5 Å². The van der Waals surface area contributed by atoms with Crippen molar-refractivity contribution in [3.63, 3.8) is 0 Å². The number of benzene rings is 3. The highest BCUT2D eigenvalue weighted by molar-refractivity contribution is 9.10. The van der Waals surface area contributed by atoms with Crippen molar-refractivity contribution in [2.75, 3.05) is 13.2 Å². The summed E-state index contributed by atoms with van der Waals surface area (Å²) in [5.41, 5.74) is 4.96. The van der Waals surface area contributed by atoms with Crippen LogP contribution in [0.1, 0.15) is 12.5 Å². The molecule has 0 bridgehead atoms. The Labute approximate surface area is 183 Å². The van der Waals surface area contributed by atoms with E-state index in [1.54, 1.807) is 12.1 Å². The fraction of sp³-hybridized carbons (Fsp3) is 0.130. The van der Waals surface area contributed by atoms with Gasteiger partial charge in [0.25, 0.3) is 5.91 Å². The van der Waals surface area contributed by atoms with Gasteiger partial charge in [-0.1, -0.05) is 58.4 Å². The molecule has 0 saturated heterocycles. The van der Waals surface area contributed by atoms with Gasteiger partial charge in [0.1, 0.15) is 5.75 Å². The van der Waals surface area contributed by atoms with Crippen molar-refractivity contribution in [2.45, 2.75) is 6.92 Å². The van der Waals surface area contributed by atoms with Crippen molar-refractivity contribution < 1.29 is 19.4 Å². The number of hydrogen-bond donors (Lipinski definition) is 2. The van der Waals surface area contributed by atoms with Crippen LogP contribution in [0.15, 0.2) is 76.3 Å². The lowest BCUT2D eigenvalue weighted by Crippen LogP contribution is -2.24. The van der Waals surface area contributed by atoms with E-state index >= 15 is 0 Å². The Morgan fingerprint density at radius 3 is 2.47 bits per heavy atom. The van der Waals surface area contributed by atoms with Crippen LogP contribution in [0.2, 0.25) is 0 Å². The smallest absolute Gasteiger partial charge is 0.277 e. The van der Waals surface area contributed by atoms with E-state index in [4.69, 9.17) is 9.47 Å². The fourth-order valence-corrected chi connectivity index (χ4v) is 3.14. The molecule has 0 radical (unpaired) electrons. The topological polar surface area (TPSA) is 80.2 Å². The molecule has 0 aliphatic rings. The summed E-state index contributed by atoms with van der Waals surface area (Å²) in [6, 6.07) is 20.8. The number of nitrogens with zero attached hydrogens (tertiary/aromatic N) is 1. The first-order valence-corrected chi connectivity index (χ1v) is 10.1. The highest BCUT2D eigenvalue weighted by Gasteiger charge is 2.09. The summed E-state index contributed by atoms with van der Waals surface area (Å²) in [7, 11) is 0. The van der Waals surface area contributed by atoms with Gasteiger partial charge in [-0.05, 0) is 42.3 Å². The average molecular weight is 469 g/mol. The summed E-state index contributed by atoms with van der Waals surface area (Å²) in [4.78, 5) is 12.0. The quantitative estimate of drug-likeness (QED) is 0.369. The van der Waals surface area contributed by atoms with Crippen LogP contribution in [-0.4, -0.2) is 30.4 Å². The molecule has 0 aliphatic carbocycles. The van der Waals surface area contributed by atoms with Gasteiger partial charge < -0.3 is 14.6 Å². The summed E-state index contributed by atoms with van der Waals surface area (Å²) >= 11 is 3.35. The number of amides is 1. The molecule has 0 saturated carbocycles. The maximum Gasteiger partial charge on any atom is 0.277 e. The van der Waals surface area contributed by atoms with Crippen LogP contribution in [0.5, 0.6) is 17.2 Å². The zero-order valence-electron chi connectivity index (χ0n) is 16.3. The molecule has 1 amide bonds. The number of aromatic hydroxyl groups is 1. The lowest BCUT2D eigenvalue weighted by atomic mass is 10.1. The van der Waals surface area contributed by atoms with E-state index in [2.05, 4.69) is 26.5 Å². The van der Waals surface area contributed by atoms with Crippen LogP contribution in [0.25, 0.3) is 11.1 Å². The van der Waals surface area contributed by atoms with Crippen molar-refractivity contribution >= 4 is 28.1 Å². The Morgan fingerprint density at radius 1 is 1.07 bits per heavy atom. The molecule has 0 heterocycles. The number of nitrogens with one attached hydrogen (secondary N) is 1. The predicted molar refractivity (Wildman–Crippen MR) is 120 cm³/mol. The van der Waals surface area contributed by atoms with E-state index in [1.165, 1.54) is 6.21 Å². The van der Waals surface area contributed by atoms with Crippen LogP contribution in [0.4, 0.5) is 0 Å². The minimum Gasteiger partial charge on any atom is -0.504 e. The van der Waals surface area contributed by atoms with Crippen molar-refractivity contribution in [2.24, 2.45) is 5.10 Å². The number of hydrogen-bond acceptors (Lipinski definition) is 5. The standard InChI is InChI=1S/C23H21BrN2O4/c1-2-29-21-13-19(24)12-18(23(21)28)14-25-26-22(27)15-30-20-10-8-17(9-11-20)16-6-4-3-5-7-16/h3-14,28H,2,15H2,1H3,(H,26,27)/b25-14+. The largest absolute Gasteiger partial charge is 0.504 e. The maximum absolute atomic E-state index is 12.0. The predicted octanol–water partition coefficient (Wildman–Crippen LogP) is 4.75. The van der Waals surface area contributed by atoms with E-state index in [-0.39, 0.29) is 12.4 Å². The van der Waals surface area contributed by atoms with Gasteiger partial charge in [-0.15, -0.1) is 0 Å². The highest BCUT2D eigenvalue weighted by atomic mass is 79.9. The molecule has 6 nitrogen and oxygen atoms in total. The maximum atomic E-state index is 12.0. The zero-order valence-corrected chi connectivity index (χ0v) is 17.9. The molecular formula is C23H21BrN2O4. The molecular weight excluding hydrogens is 448 g/mol. The second-order valence-electron chi connectivity index (χ2n) is 6.25. The average Bonchev–Trinajstić information content (AvgIpc) is 2.76. The molecule has 0 fully saturated rings. The van der Waals surface area contributed by atoms with E-state index in [0.29, 0.717) is 23.7 Å². The number of hydrazone groups is 1. The fourth-order valence-electron chi connectivity index (χ4n) is 2.69. The minimum atomic E-state index is -0.419. The summed E-state index contributed by atoms with van der Waals surface area (Å²) in [5.74, 6) is 0.451. The Balaban J connectivity index is 1.53. The molecule has 0 aliphatic heterocycles. The van der Waals surface area contributed by atoms with Gasteiger partial charge in [0.15, 0.2) is 18.1 Å². The molecule has 3 aromatic carbocycles. The van der Waals surface area contributed by atoms with Gasteiger partial charge in [0.2, 0.25) is 0 Å². The third-order valence-electron chi connectivity index (χ3n) is 4.09. The SMILES string of the molecule is CCOc1cc(Br)cc(/C=N/NC(=O)COc2ccc(-c3ccccc3)cc2)c1O. The van der Waals surface area contributed by atoms with Crippen molar-refractivity contribution in [1.29, 1.82) is 0 Å². The van der Waals surface area contributed by atoms with Gasteiger partial charge in [0.05, 0.1) is 12.8 Å². The normalized spacial score (nSPS) is 10.7. The number of phenols is 1. The molecule has 2 N–H and O–H groups in total. The number of rotatable bonds is 8. The molecule has 7 heteroatoms. The number of carbonyl (C=O) groups excluding carboxylic acids is 1. The molecule has 3 rings (SSSR count). The first-order valence-electron chi connectivity index (χ1n) is 9.32. The summed E-state index contributed by atoms with van der Waals surface area (Å²) in [5, 5.41) is 14.1. The lowest BCUT2D eigenvalue weighted by molar-refractivity contribution is -0.123. The highest BCUT2D eigenvalue weighted by Crippen LogP contribution is 2.32. The Bertz CT molecular complexity index is 1020. The van der Waals surface area contributed by atoms with E-state index in [9.17, 15) is 9.90 Å². The molecule has 0 unspecified atom stereocenters. The van der Waals surface area contributed by atoms with Gasteiger partial charge in [-0.3, -0.25) is 4.79 Å². The number of phenolic OH excluding ortho intramolecular Hbond substituents is 1. The van der Waals surface area contributed by atoms with Gasteiger partial charge in [-0.25, -0.2) is 5.43 Å². The molecule has 0 atom stereocenters. The third kappa shape index (κ3) is 5.84. The molecule has 3 aromatic rings. The Hall–Kier alpha value is -3.32.